The molecule has 16 heavy (non-hydrogen) atoms. The average molecular weight is 241 g/mol. The lowest BCUT2D eigenvalue weighted by Crippen LogP contribution is -2.52. The predicted octanol–water partition coefficient (Wildman–Crippen LogP) is 1.19. The van der Waals surface area contributed by atoms with Gasteiger partial charge in [0, 0.05) is 27.9 Å². The SMILES string of the molecule is CO[Si](CNCc1ccccc1)(OC)OC. The van der Waals surface area contributed by atoms with Gasteiger partial charge in [-0.15, -0.1) is 0 Å². The smallest absolute Gasteiger partial charge is 0.376 e. The van der Waals surface area contributed by atoms with E-state index in [-0.39, 0.29) is 0 Å². The zero-order chi connectivity index (χ0) is 11.9. The minimum Gasteiger partial charge on any atom is -0.376 e. The fourth-order valence-corrected chi connectivity index (χ4v) is 2.79. The van der Waals surface area contributed by atoms with Crippen molar-refractivity contribution in [3.63, 3.8) is 0 Å². The molecule has 0 radical (unpaired) electrons. The van der Waals surface area contributed by atoms with E-state index in [1.807, 2.05) is 18.2 Å². The highest BCUT2D eigenvalue weighted by molar-refractivity contribution is 6.60. The third-order valence-electron chi connectivity index (χ3n) is 2.45. The lowest BCUT2D eigenvalue weighted by molar-refractivity contribution is 0.122. The molecule has 0 aromatic heterocycles. The molecule has 0 saturated carbocycles. The van der Waals surface area contributed by atoms with Gasteiger partial charge in [-0.2, -0.15) is 0 Å². The molecular weight excluding hydrogens is 222 g/mol. The van der Waals surface area contributed by atoms with Crippen LogP contribution in [0.3, 0.4) is 0 Å². The molecule has 1 aromatic carbocycles. The largest absolute Gasteiger partial charge is 0.514 e. The highest BCUT2D eigenvalue weighted by atomic mass is 28.4. The summed E-state index contributed by atoms with van der Waals surface area (Å²) in [6.07, 6.45) is 0.603. The first-order valence-corrected chi connectivity index (χ1v) is 7.09. The zero-order valence-corrected chi connectivity index (χ0v) is 11.0. The minimum absolute atomic E-state index is 0.603. The van der Waals surface area contributed by atoms with Gasteiger partial charge < -0.3 is 18.6 Å². The molecule has 5 heteroatoms. The van der Waals surface area contributed by atoms with Crippen LogP contribution in [0.15, 0.2) is 30.3 Å². The Morgan fingerprint density at radius 1 is 1.00 bits per heavy atom. The highest BCUT2D eigenvalue weighted by Gasteiger charge is 2.37. The summed E-state index contributed by atoms with van der Waals surface area (Å²) in [6.45, 7) is 0.783. The standard InChI is InChI=1S/C11H19NO3Si/c1-13-16(14-2,15-3)10-12-9-11-7-5-4-6-8-11/h4-8,12H,9-10H2,1-3H3. The maximum Gasteiger partial charge on any atom is 0.514 e. The number of nitrogens with one attached hydrogen (secondary N) is 1. The molecule has 0 amide bonds. The molecule has 0 saturated heterocycles. The third-order valence-corrected chi connectivity index (χ3v) is 5.00. The second-order valence-corrected chi connectivity index (χ2v) is 6.33. The summed E-state index contributed by atoms with van der Waals surface area (Å²) in [7, 11) is 2.36. The van der Waals surface area contributed by atoms with Gasteiger partial charge in [0.25, 0.3) is 0 Å². The van der Waals surface area contributed by atoms with Crippen LogP contribution in [-0.2, 0) is 19.8 Å². The molecule has 0 atom stereocenters. The summed E-state index contributed by atoms with van der Waals surface area (Å²) in [4.78, 5) is 0. The Morgan fingerprint density at radius 3 is 2.06 bits per heavy atom. The Labute approximate surface area is 97.9 Å². The molecule has 4 nitrogen and oxygen atoms in total. The Morgan fingerprint density at radius 2 is 1.56 bits per heavy atom. The van der Waals surface area contributed by atoms with E-state index in [1.54, 1.807) is 21.3 Å². The molecule has 0 bridgehead atoms. The summed E-state index contributed by atoms with van der Waals surface area (Å²) in [5.41, 5.74) is 1.23. The van der Waals surface area contributed by atoms with Crippen LogP contribution in [0.25, 0.3) is 0 Å². The topological polar surface area (TPSA) is 39.7 Å². The third kappa shape index (κ3) is 3.69. The van der Waals surface area contributed by atoms with E-state index in [0.717, 1.165) is 6.54 Å². The van der Waals surface area contributed by atoms with E-state index in [2.05, 4.69) is 17.4 Å². The van der Waals surface area contributed by atoms with Crippen LogP contribution < -0.4 is 5.32 Å². The fraction of sp³-hybridized carbons (Fsp3) is 0.455. The first-order chi connectivity index (χ1) is 7.76. The number of hydrogen-bond acceptors (Lipinski definition) is 4. The molecular formula is C11H19NO3Si. The van der Waals surface area contributed by atoms with Gasteiger partial charge in [-0.25, -0.2) is 0 Å². The second kappa shape index (κ2) is 6.77. The maximum absolute atomic E-state index is 5.31. The molecule has 1 rings (SSSR count). The van der Waals surface area contributed by atoms with Crippen LogP contribution in [0.4, 0.5) is 0 Å². The number of benzene rings is 1. The highest BCUT2D eigenvalue weighted by Crippen LogP contribution is 2.05. The molecule has 0 aliphatic heterocycles. The molecule has 90 valence electrons. The van der Waals surface area contributed by atoms with Gasteiger partial charge in [0.1, 0.15) is 0 Å². The lowest BCUT2D eigenvalue weighted by Gasteiger charge is -2.24. The van der Waals surface area contributed by atoms with Gasteiger partial charge in [-0.1, -0.05) is 30.3 Å². The first-order valence-electron chi connectivity index (χ1n) is 5.16. The van der Waals surface area contributed by atoms with E-state index >= 15 is 0 Å². The van der Waals surface area contributed by atoms with Crippen molar-refractivity contribution in [1.82, 2.24) is 5.32 Å². The van der Waals surface area contributed by atoms with E-state index < -0.39 is 8.80 Å². The maximum atomic E-state index is 5.31. The van der Waals surface area contributed by atoms with Crippen LogP contribution in [0.1, 0.15) is 5.56 Å². The second-order valence-electron chi connectivity index (χ2n) is 3.38. The molecule has 1 N–H and O–H groups in total. The predicted molar refractivity (Wildman–Crippen MR) is 64.9 cm³/mol. The van der Waals surface area contributed by atoms with E-state index in [9.17, 15) is 0 Å². The van der Waals surface area contributed by atoms with Crippen LogP contribution in [-0.4, -0.2) is 36.3 Å². The summed E-state index contributed by atoms with van der Waals surface area (Å²) < 4.78 is 15.9. The van der Waals surface area contributed by atoms with Crippen LogP contribution in [0.5, 0.6) is 0 Å². The summed E-state index contributed by atoms with van der Waals surface area (Å²) in [5, 5.41) is 3.28. The van der Waals surface area contributed by atoms with Gasteiger partial charge >= 0.3 is 8.80 Å². The Balaban J connectivity index is 2.39. The van der Waals surface area contributed by atoms with E-state index in [4.69, 9.17) is 13.3 Å². The van der Waals surface area contributed by atoms with Gasteiger partial charge in [-0.3, -0.25) is 0 Å². The molecule has 0 spiro atoms. The molecule has 0 heterocycles. The van der Waals surface area contributed by atoms with E-state index in [0.29, 0.717) is 6.17 Å². The molecule has 0 fully saturated rings. The molecule has 0 unspecified atom stereocenters. The van der Waals surface area contributed by atoms with Crippen LogP contribution in [0, 0.1) is 0 Å². The quantitative estimate of drug-likeness (QED) is 0.728. The summed E-state index contributed by atoms with van der Waals surface area (Å²) >= 11 is 0. The van der Waals surface area contributed by atoms with Crippen LogP contribution in [0.2, 0.25) is 0 Å². The average Bonchev–Trinajstić information content (AvgIpc) is 2.37. The van der Waals surface area contributed by atoms with Crippen molar-refractivity contribution in [3.05, 3.63) is 35.9 Å². The van der Waals surface area contributed by atoms with Crippen molar-refractivity contribution >= 4 is 8.80 Å². The van der Waals surface area contributed by atoms with Gasteiger partial charge in [0.2, 0.25) is 0 Å². The molecule has 0 aliphatic rings. The molecule has 0 aliphatic carbocycles. The van der Waals surface area contributed by atoms with E-state index in [1.165, 1.54) is 5.56 Å². The molecule has 1 aromatic rings. The van der Waals surface area contributed by atoms with Crippen LogP contribution >= 0.6 is 0 Å². The van der Waals surface area contributed by atoms with Gasteiger partial charge in [-0.05, 0) is 5.56 Å². The zero-order valence-electron chi connectivity index (χ0n) is 10.0. The Bertz CT molecular complexity index is 282. The van der Waals surface area contributed by atoms with Crippen molar-refractivity contribution in [1.29, 1.82) is 0 Å². The number of rotatable bonds is 7. The van der Waals surface area contributed by atoms with Crippen molar-refractivity contribution < 1.29 is 13.3 Å². The summed E-state index contributed by atoms with van der Waals surface area (Å²) in [5.74, 6) is 0. The Kier molecular flexibility index (Phi) is 5.65. The fourth-order valence-electron chi connectivity index (χ4n) is 1.42. The van der Waals surface area contributed by atoms with Crippen molar-refractivity contribution in [2.24, 2.45) is 0 Å². The van der Waals surface area contributed by atoms with Gasteiger partial charge in [0.15, 0.2) is 0 Å². The Hall–Kier alpha value is -0.723. The van der Waals surface area contributed by atoms with Crippen molar-refractivity contribution in [3.8, 4) is 0 Å². The normalized spacial score (nSPS) is 11.7. The van der Waals surface area contributed by atoms with Crippen molar-refractivity contribution in [2.45, 2.75) is 6.54 Å². The number of hydrogen-bond donors (Lipinski definition) is 1. The minimum atomic E-state index is -2.48. The monoisotopic (exact) mass is 241 g/mol. The summed E-state index contributed by atoms with van der Waals surface area (Å²) in [6, 6.07) is 10.2. The van der Waals surface area contributed by atoms with Crippen molar-refractivity contribution in [2.75, 3.05) is 27.5 Å². The van der Waals surface area contributed by atoms with Gasteiger partial charge in [0.05, 0.1) is 6.17 Å². The lowest BCUT2D eigenvalue weighted by atomic mass is 10.2. The first kappa shape index (κ1) is 13.3.